The molecule has 0 bridgehead atoms. The Morgan fingerprint density at radius 2 is 2.10 bits per heavy atom. The number of rotatable bonds is 4. The van der Waals surface area contributed by atoms with E-state index in [4.69, 9.17) is 4.42 Å². The minimum Gasteiger partial charge on any atom is -0.445 e. The van der Waals surface area contributed by atoms with Crippen molar-refractivity contribution in [3.8, 4) is 0 Å². The second kappa shape index (κ2) is 5.66. The van der Waals surface area contributed by atoms with Crippen LogP contribution >= 0.6 is 0 Å². The van der Waals surface area contributed by atoms with Gasteiger partial charge in [-0.25, -0.2) is 4.98 Å². The summed E-state index contributed by atoms with van der Waals surface area (Å²) in [5, 5.41) is 3.08. The number of oxazole rings is 1. The Morgan fingerprint density at radius 3 is 2.70 bits per heavy atom. The largest absolute Gasteiger partial charge is 0.445 e. The number of nitrogens with one attached hydrogen (secondary N) is 1. The SMILES string of the molecule is Cc1cnc(CNC(C)c2cccc(C(F)(F)F)c2)o1. The van der Waals surface area contributed by atoms with Gasteiger partial charge in [-0.05, 0) is 31.5 Å². The predicted molar refractivity (Wildman–Crippen MR) is 67.9 cm³/mol. The van der Waals surface area contributed by atoms with Crippen molar-refractivity contribution in [1.82, 2.24) is 10.3 Å². The lowest BCUT2D eigenvalue weighted by Gasteiger charge is -2.15. The van der Waals surface area contributed by atoms with Crippen LogP contribution in [-0.2, 0) is 12.7 Å². The van der Waals surface area contributed by atoms with Gasteiger partial charge in [-0.15, -0.1) is 0 Å². The summed E-state index contributed by atoms with van der Waals surface area (Å²) in [6, 6.07) is 5.05. The molecule has 0 radical (unpaired) electrons. The average Bonchev–Trinajstić information content (AvgIpc) is 2.81. The molecule has 0 spiro atoms. The fraction of sp³-hybridized carbons (Fsp3) is 0.357. The van der Waals surface area contributed by atoms with Crippen molar-refractivity contribution in [2.45, 2.75) is 32.6 Å². The second-order valence-corrected chi connectivity index (χ2v) is 4.59. The number of hydrogen-bond acceptors (Lipinski definition) is 3. The summed E-state index contributed by atoms with van der Waals surface area (Å²) in [5.41, 5.74) is -0.0706. The average molecular weight is 284 g/mol. The van der Waals surface area contributed by atoms with Crippen LogP contribution in [0.5, 0.6) is 0 Å². The normalized spacial score (nSPS) is 13.4. The van der Waals surface area contributed by atoms with Crippen LogP contribution in [-0.4, -0.2) is 4.98 Å². The summed E-state index contributed by atoms with van der Waals surface area (Å²) in [6.45, 7) is 3.95. The molecule has 108 valence electrons. The monoisotopic (exact) mass is 284 g/mol. The van der Waals surface area contributed by atoms with Gasteiger partial charge < -0.3 is 9.73 Å². The maximum absolute atomic E-state index is 12.6. The highest BCUT2D eigenvalue weighted by molar-refractivity contribution is 5.27. The summed E-state index contributed by atoms with van der Waals surface area (Å²) < 4.78 is 43.2. The number of aromatic nitrogens is 1. The van der Waals surface area contributed by atoms with Crippen molar-refractivity contribution in [2.75, 3.05) is 0 Å². The van der Waals surface area contributed by atoms with Gasteiger partial charge >= 0.3 is 6.18 Å². The number of hydrogen-bond donors (Lipinski definition) is 1. The maximum atomic E-state index is 12.6. The first-order valence-corrected chi connectivity index (χ1v) is 6.18. The van der Waals surface area contributed by atoms with Crippen molar-refractivity contribution in [3.05, 3.63) is 53.2 Å². The second-order valence-electron chi connectivity index (χ2n) is 4.59. The fourth-order valence-electron chi connectivity index (χ4n) is 1.83. The van der Waals surface area contributed by atoms with Gasteiger partial charge in [0, 0.05) is 6.04 Å². The molecule has 2 aromatic rings. The van der Waals surface area contributed by atoms with E-state index in [0.29, 0.717) is 23.8 Å². The van der Waals surface area contributed by atoms with E-state index in [1.807, 2.05) is 0 Å². The van der Waals surface area contributed by atoms with Crippen LogP contribution in [0.4, 0.5) is 13.2 Å². The van der Waals surface area contributed by atoms with E-state index in [9.17, 15) is 13.2 Å². The Balaban J connectivity index is 2.03. The third kappa shape index (κ3) is 3.60. The first-order valence-electron chi connectivity index (χ1n) is 6.18. The van der Waals surface area contributed by atoms with Crippen molar-refractivity contribution in [2.24, 2.45) is 0 Å². The first-order chi connectivity index (χ1) is 9.36. The summed E-state index contributed by atoms with van der Waals surface area (Å²) in [6.07, 6.45) is -2.72. The van der Waals surface area contributed by atoms with Gasteiger partial charge in [0.25, 0.3) is 0 Å². The Hall–Kier alpha value is -1.82. The van der Waals surface area contributed by atoms with Crippen LogP contribution in [0, 0.1) is 6.92 Å². The molecule has 6 heteroatoms. The third-order valence-corrected chi connectivity index (χ3v) is 2.94. The number of benzene rings is 1. The molecule has 0 amide bonds. The quantitative estimate of drug-likeness (QED) is 0.926. The van der Waals surface area contributed by atoms with Crippen LogP contribution in [0.3, 0.4) is 0 Å². The highest BCUT2D eigenvalue weighted by Crippen LogP contribution is 2.30. The summed E-state index contributed by atoms with van der Waals surface area (Å²) in [4.78, 5) is 4.03. The first kappa shape index (κ1) is 14.6. The molecule has 0 aliphatic rings. The summed E-state index contributed by atoms with van der Waals surface area (Å²) in [7, 11) is 0. The molecule has 1 N–H and O–H groups in total. The molecule has 2 rings (SSSR count). The molecular weight excluding hydrogens is 269 g/mol. The van der Waals surface area contributed by atoms with Gasteiger partial charge in [-0.1, -0.05) is 12.1 Å². The Kier molecular flexibility index (Phi) is 4.13. The Labute approximate surface area is 114 Å². The predicted octanol–water partition coefficient (Wildman–Crippen LogP) is 3.85. The Morgan fingerprint density at radius 1 is 1.35 bits per heavy atom. The molecule has 0 saturated heterocycles. The smallest absolute Gasteiger partial charge is 0.416 e. The zero-order valence-corrected chi connectivity index (χ0v) is 11.2. The molecule has 1 atom stereocenters. The fourth-order valence-corrected chi connectivity index (χ4v) is 1.83. The van der Waals surface area contributed by atoms with Crippen LogP contribution < -0.4 is 5.32 Å². The van der Waals surface area contributed by atoms with E-state index in [0.717, 1.165) is 12.1 Å². The lowest BCUT2D eigenvalue weighted by Crippen LogP contribution is -2.19. The molecule has 0 aliphatic heterocycles. The molecule has 1 heterocycles. The molecular formula is C14H15F3N2O. The zero-order valence-electron chi connectivity index (χ0n) is 11.2. The standard InChI is InChI=1S/C14H15F3N2O/c1-9-7-19-13(20-9)8-18-10(2)11-4-3-5-12(6-11)14(15,16)17/h3-7,10,18H,8H2,1-2H3. The number of aryl methyl sites for hydroxylation is 1. The van der Waals surface area contributed by atoms with Crippen LogP contribution in [0.1, 0.15) is 35.7 Å². The molecule has 1 aromatic carbocycles. The third-order valence-electron chi connectivity index (χ3n) is 2.94. The lowest BCUT2D eigenvalue weighted by molar-refractivity contribution is -0.137. The molecule has 3 nitrogen and oxygen atoms in total. The summed E-state index contributed by atoms with van der Waals surface area (Å²) in [5.74, 6) is 1.22. The van der Waals surface area contributed by atoms with Crippen molar-refractivity contribution in [1.29, 1.82) is 0 Å². The van der Waals surface area contributed by atoms with Gasteiger partial charge in [0.2, 0.25) is 5.89 Å². The van der Waals surface area contributed by atoms with E-state index < -0.39 is 11.7 Å². The minimum atomic E-state index is -4.32. The van der Waals surface area contributed by atoms with E-state index >= 15 is 0 Å². The van der Waals surface area contributed by atoms with Crippen molar-refractivity contribution in [3.63, 3.8) is 0 Å². The number of halogens is 3. The highest BCUT2D eigenvalue weighted by Gasteiger charge is 2.30. The highest BCUT2D eigenvalue weighted by atomic mass is 19.4. The van der Waals surface area contributed by atoms with Crippen molar-refractivity contribution < 1.29 is 17.6 Å². The van der Waals surface area contributed by atoms with Gasteiger partial charge in [-0.2, -0.15) is 13.2 Å². The van der Waals surface area contributed by atoms with Gasteiger partial charge in [0.05, 0.1) is 18.3 Å². The van der Waals surface area contributed by atoms with E-state index in [1.165, 1.54) is 6.07 Å². The van der Waals surface area contributed by atoms with Gasteiger partial charge in [0.15, 0.2) is 0 Å². The van der Waals surface area contributed by atoms with E-state index in [2.05, 4.69) is 10.3 Å². The molecule has 0 fully saturated rings. The van der Waals surface area contributed by atoms with E-state index in [-0.39, 0.29) is 6.04 Å². The van der Waals surface area contributed by atoms with E-state index in [1.54, 1.807) is 26.1 Å². The maximum Gasteiger partial charge on any atom is 0.416 e. The molecule has 1 aromatic heterocycles. The molecule has 0 saturated carbocycles. The zero-order chi connectivity index (χ0) is 14.8. The number of alkyl halides is 3. The minimum absolute atomic E-state index is 0.232. The lowest BCUT2D eigenvalue weighted by atomic mass is 10.0. The van der Waals surface area contributed by atoms with Crippen LogP contribution in [0.15, 0.2) is 34.9 Å². The topological polar surface area (TPSA) is 38.1 Å². The molecule has 20 heavy (non-hydrogen) atoms. The molecule has 1 unspecified atom stereocenters. The van der Waals surface area contributed by atoms with Gasteiger partial charge in [0.1, 0.15) is 5.76 Å². The van der Waals surface area contributed by atoms with Gasteiger partial charge in [-0.3, -0.25) is 0 Å². The Bertz CT molecular complexity index is 578. The van der Waals surface area contributed by atoms with Crippen LogP contribution in [0.25, 0.3) is 0 Å². The van der Waals surface area contributed by atoms with Crippen molar-refractivity contribution >= 4 is 0 Å². The number of nitrogens with zero attached hydrogens (tertiary/aromatic N) is 1. The van der Waals surface area contributed by atoms with Crippen LogP contribution in [0.2, 0.25) is 0 Å². The summed E-state index contributed by atoms with van der Waals surface area (Å²) >= 11 is 0. The molecule has 0 aliphatic carbocycles.